The van der Waals surface area contributed by atoms with Crippen LogP contribution >= 0.6 is 22.6 Å². The number of rotatable bonds is 3. The SMILES string of the molecule is O=c1c(N2CC[C@H](I)C2)nc2ccccc2n1C1CC2CCC[C@@H](C1)N2C1CCCCCCC1. The molecule has 3 aliphatic heterocycles. The van der Waals surface area contributed by atoms with Crippen molar-refractivity contribution in [2.24, 2.45) is 0 Å². The number of hydrogen-bond donors (Lipinski definition) is 0. The maximum absolute atomic E-state index is 14.0. The van der Waals surface area contributed by atoms with Crippen LogP contribution in [0.4, 0.5) is 5.82 Å². The van der Waals surface area contributed by atoms with Crippen molar-refractivity contribution in [3.05, 3.63) is 34.6 Å². The summed E-state index contributed by atoms with van der Waals surface area (Å²) < 4.78 is 2.78. The molecule has 1 aromatic heterocycles. The number of fused-ring (bicyclic) bond motifs is 3. The summed E-state index contributed by atoms with van der Waals surface area (Å²) in [5, 5.41) is 0. The normalized spacial score (nSPS) is 31.5. The van der Waals surface area contributed by atoms with Crippen LogP contribution in [0.5, 0.6) is 0 Å². The number of nitrogens with zero attached hydrogens (tertiary/aromatic N) is 4. The molecule has 184 valence electrons. The van der Waals surface area contributed by atoms with E-state index in [-0.39, 0.29) is 11.6 Å². The Morgan fingerprint density at radius 3 is 2.18 bits per heavy atom. The Kier molecular flexibility index (Phi) is 6.89. The summed E-state index contributed by atoms with van der Waals surface area (Å²) >= 11 is 2.52. The van der Waals surface area contributed by atoms with Gasteiger partial charge in [0.05, 0.1) is 11.0 Å². The van der Waals surface area contributed by atoms with Crippen molar-refractivity contribution in [3.8, 4) is 0 Å². The lowest BCUT2D eigenvalue weighted by Gasteiger charge is -2.53. The Bertz CT molecular complexity index is 1050. The summed E-state index contributed by atoms with van der Waals surface area (Å²) in [4.78, 5) is 24.1. The maximum Gasteiger partial charge on any atom is 0.294 e. The van der Waals surface area contributed by atoms with Gasteiger partial charge in [0.15, 0.2) is 5.82 Å². The van der Waals surface area contributed by atoms with Gasteiger partial charge in [0.25, 0.3) is 5.56 Å². The van der Waals surface area contributed by atoms with Crippen LogP contribution in [-0.4, -0.2) is 49.6 Å². The lowest BCUT2D eigenvalue weighted by atomic mass is 9.79. The van der Waals surface area contributed by atoms with Gasteiger partial charge in [-0.2, -0.15) is 0 Å². The molecule has 4 atom stereocenters. The minimum Gasteiger partial charge on any atom is -0.351 e. The number of aromatic nitrogens is 2. The van der Waals surface area contributed by atoms with Crippen LogP contribution in [0.1, 0.15) is 89.5 Å². The van der Waals surface area contributed by atoms with Crippen molar-refractivity contribution in [2.45, 2.75) is 112 Å². The van der Waals surface area contributed by atoms with Gasteiger partial charge in [0.1, 0.15) is 0 Å². The summed E-state index contributed by atoms with van der Waals surface area (Å²) in [5.74, 6) is 0.686. The first-order valence-corrected chi connectivity index (χ1v) is 15.1. The zero-order valence-electron chi connectivity index (χ0n) is 20.4. The third kappa shape index (κ3) is 4.42. The average molecular weight is 575 g/mol. The van der Waals surface area contributed by atoms with Gasteiger partial charge < -0.3 is 9.47 Å². The van der Waals surface area contributed by atoms with Crippen LogP contribution < -0.4 is 10.5 Å². The third-order valence-corrected chi connectivity index (χ3v) is 10.1. The van der Waals surface area contributed by atoms with Crippen molar-refractivity contribution >= 4 is 39.4 Å². The lowest BCUT2D eigenvalue weighted by molar-refractivity contribution is -0.0246. The smallest absolute Gasteiger partial charge is 0.294 e. The van der Waals surface area contributed by atoms with Gasteiger partial charge in [-0.3, -0.25) is 9.69 Å². The van der Waals surface area contributed by atoms with Crippen LogP contribution in [0, 0.1) is 0 Å². The fraction of sp³-hybridized carbons (Fsp3) is 0.714. The molecule has 6 heteroatoms. The first-order chi connectivity index (χ1) is 16.7. The molecular formula is C28H39IN4O. The Morgan fingerprint density at radius 2 is 1.47 bits per heavy atom. The number of alkyl halides is 1. The van der Waals surface area contributed by atoms with Gasteiger partial charge in [-0.1, -0.05) is 73.2 Å². The molecule has 4 heterocycles. The number of para-hydroxylation sites is 2. The monoisotopic (exact) mass is 574 g/mol. The number of halogens is 1. The molecule has 0 amide bonds. The highest BCUT2D eigenvalue weighted by molar-refractivity contribution is 14.1. The van der Waals surface area contributed by atoms with Crippen molar-refractivity contribution < 1.29 is 0 Å². The van der Waals surface area contributed by atoms with E-state index in [2.05, 4.69) is 61.2 Å². The van der Waals surface area contributed by atoms with Crippen LogP contribution in [0.3, 0.4) is 0 Å². The van der Waals surface area contributed by atoms with Crippen LogP contribution in [0.15, 0.2) is 29.1 Å². The summed E-state index contributed by atoms with van der Waals surface area (Å²) in [7, 11) is 0. The fourth-order valence-corrected chi connectivity index (χ4v) is 8.30. The molecule has 0 spiro atoms. The molecule has 2 unspecified atom stereocenters. The summed E-state index contributed by atoms with van der Waals surface area (Å²) in [6.07, 6.45) is 17.2. The maximum atomic E-state index is 14.0. The summed E-state index contributed by atoms with van der Waals surface area (Å²) in [6, 6.07) is 10.7. The molecule has 4 aliphatic rings. The first kappa shape index (κ1) is 23.3. The Balaban J connectivity index is 1.34. The molecule has 3 saturated heterocycles. The van der Waals surface area contributed by atoms with E-state index in [4.69, 9.17) is 4.98 Å². The zero-order valence-corrected chi connectivity index (χ0v) is 22.5. The molecule has 1 aromatic carbocycles. The second kappa shape index (κ2) is 10.1. The van der Waals surface area contributed by atoms with E-state index in [1.165, 1.54) is 64.2 Å². The minimum atomic E-state index is 0.145. The highest BCUT2D eigenvalue weighted by atomic mass is 127. The van der Waals surface area contributed by atoms with Gasteiger partial charge in [-0.25, -0.2) is 4.98 Å². The quantitative estimate of drug-likeness (QED) is 0.329. The van der Waals surface area contributed by atoms with Crippen LogP contribution in [0.25, 0.3) is 11.0 Å². The fourth-order valence-electron chi connectivity index (χ4n) is 7.55. The molecule has 2 aromatic rings. The number of anilines is 1. The van der Waals surface area contributed by atoms with Crippen molar-refractivity contribution in [2.75, 3.05) is 18.0 Å². The van der Waals surface area contributed by atoms with Crippen molar-refractivity contribution in [1.29, 1.82) is 0 Å². The number of piperidine rings is 2. The first-order valence-electron chi connectivity index (χ1n) is 13.9. The molecule has 6 rings (SSSR count). The van der Waals surface area contributed by atoms with Crippen molar-refractivity contribution in [3.63, 3.8) is 0 Å². The predicted octanol–water partition coefficient (Wildman–Crippen LogP) is 6.08. The Morgan fingerprint density at radius 1 is 0.794 bits per heavy atom. The Labute approximate surface area is 217 Å². The van der Waals surface area contributed by atoms with Crippen LogP contribution in [-0.2, 0) is 0 Å². The van der Waals surface area contributed by atoms with E-state index in [1.807, 2.05) is 0 Å². The van der Waals surface area contributed by atoms with Gasteiger partial charge in [0, 0.05) is 41.2 Å². The second-order valence-electron chi connectivity index (χ2n) is 11.2. The molecule has 1 aliphatic carbocycles. The number of benzene rings is 1. The highest BCUT2D eigenvalue weighted by Gasteiger charge is 2.42. The molecular weight excluding hydrogens is 535 g/mol. The molecule has 4 fully saturated rings. The van der Waals surface area contributed by atoms with Gasteiger partial charge >= 0.3 is 0 Å². The van der Waals surface area contributed by atoms with Crippen molar-refractivity contribution in [1.82, 2.24) is 14.5 Å². The van der Waals surface area contributed by atoms with Crippen LogP contribution in [0.2, 0.25) is 0 Å². The molecule has 1 saturated carbocycles. The molecule has 34 heavy (non-hydrogen) atoms. The Hall–Kier alpha value is -1.15. The molecule has 0 radical (unpaired) electrons. The third-order valence-electron chi connectivity index (χ3n) is 9.08. The van der Waals surface area contributed by atoms with Gasteiger partial charge in [-0.05, 0) is 57.1 Å². The topological polar surface area (TPSA) is 41.4 Å². The predicted molar refractivity (Wildman–Crippen MR) is 148 cm³/mol. The van der Waals surface area contributed by atoms with Gasteiger partial charge in [0.2, 0.25) is 0 Å². The number of hydrogen-bond acceptors (Lipinski definition) is 4. The zero-order chi connectivity index (χ0) is 23.1. The highest BCUT2D eigenvalue weighted by Crippen LogP contribution is 2.43. The average Bonchev–Trinajstić information content (AvgIpc) is 3.24. The molecule has 0 N–H and O–H groups in total. The largest absolute Gasteiger partial charge is 0.351 e. The standard InChI is InChI=1S/C28H39IN4O/c29-20-15-16-31(19-20)27-28(34)33(26-14-7-6-13-25(26)30-27)24-17-22-11-8-12-23(18-24)32(22)21-9-4-2-1-3-5-10-21/h6-7,13-14,20-24H,1-5,8-12,15-19H2/t20-,22-,23?,24?/m0/s1. The van der Waals surface area contributed by atoms with E-state index in [1.54, 1.807) is 0 Å². The molecule has 5 nitrogen and oxygen atoms in total. The second-order valence-corrected chi connectivity index (χ2v) is 13.0. The minimum absolute atomic E-state index is 0.145. The van der Waals surface area contributed by atoms with E-state index >= 15 is 0 Å². The van der Waals surface area contributed by atoms with E-state index in [9.17, 15) is 4.79 Å². The van der Waals surface area contributed by atoms with Gasteiger partial charge in [-0.15, -0.1) is 0 Å². The summed E-state index contributed by atoms with van der Waals surface area (Å²) in [6.45, 7) is 1.88. The summed E-state index contributed by atoms with van der Waals surface area (Å²) in [5.41, 5.74) is 2.15. The van der Waals surface area contributed by atoms with E-state index < -0.39 is 0 Å². The molecule has 2 bridgehead atoms. The van der Waals surface area contributed by atoms with E-state index in [0.29, 0.717) is 21.8 Å². The lowest BCUT2D eigenvalue weighted by Crippen LogP contribution is -2.57. The van der Waals surface area contributed by atoms with E-state index in [0.717, 1.165) is 49.4 Å².